The van der Waals surface area contributed by atoms with Gasteiger partial charge in [0.15, 0.2) is 0 Å². The van der Waals surface area contributed by atoms with E-state index in [9.17, 15) is 5.11 Å². The molecule has 0 radical (unpaired) electrons. The van der Waals surface area contributed by atoms with Gasteiger partial charge in [-0.05, 0) is 44.4 Å². The molecule has 0 aromatic heterocycles. The molecule has 0 aliphatic carbocycles. The van der Waals surface area contributed by atoms with E-state index < -0.39 is 0 Å². The minimum absolute atomic E-state index is 0.0453. The monoisotopic (exact) mass is 344 g/mol. The third kappa shape index (κ3) is 2.53. The van der Waals surface area contributed by atoms with Crippen LogP contribution in [-0.4, -0.2) is 53.3 Å². The number of aliphatic hydroxyl groups excluding tert-OH is 1. The van der Waals surface area contributed by atoms with E-state index in [0.717, 1.165) is 44.8 Å². The predicted octanol–water partition coefficient (Wildman–Crippen LogP) is 3.27. The smallest absolute Gasteiger partial charge is 0.119 e. The van der Waals surface area contributed by atoms with E-state index >= 15 is 0 Å². The van der Waals surface area contributed by atoms with Crippen molar-refractivity contribution in [2.45, 2.75) is 58.9 Å². The minimum Gasteiger partial charge on any atom is -0.491 e. The molecule has 0 unspecified atom stereocenters. The van der Waals surface area contributed by atoms with Gasteiger partial charge in [0, 0.05) is 37.0 Å². The van der Waals surface area contributed by atoms with Gasteiger partial charge in [-0.15, -0.1) is 0 Å². The fourth-order valence-corrected chi connectivity index (χ4v) is 5.65. The molecule has 25 heavy (non-hydrogen) atoms. The number of benzene rings is 1. The third-order valence-corrected chi connectivity index (χ3v) is 6.88. The zero-order valence-corrected chi connectivity index (χ0v) is 16.0. The second-order valence-electron chi connectivity index (χ2n) is 8.75. The molecular weight excluding hydrogens is 312 g/mol. The van der Waals surface area contributed by atoms with Crippen LogP contribution in [0.15, 0.2) is 24.3 Å². The molecule has 0 atom stereocenters. The van der Waals surface area contributed by atoms with Gasteiger partial charge in [0.25, 0.3) is 0 Å². The second kappa shape index (κ2) is 5.97. The zero-order chi connectivity index (χ0) is 17.8. The molecule has 4 heteroatoms. The molecule has 1 N–H and O–H groups in total. The number of ether oxygens (including phenoxy) is 1. The Hall–Kier alpha value is -1.10. The van der Waals surface area contributed by atoms with Crippen molar-refractivity contribution >= 4 is 0 Å². The first-order valence-electron chi connectivity index (χ1n) is 9.86. The second-order valence-corrected chi connectivity index (χ2v) is 8.75. The van der Waals surface area contributed by atoms with Crippen molar-refractivity contribution in [2.75, 3.05) is 26.2 Å². The SMILES string of the molecule is CCC12CN3CC(CC)(CN(C1)C3c1ccc(OC(C)C)cc1)C2O. The fraction of sp³-hybridized carbons (Fsp3) is 0.714. The quantitative estimate of drug-likeness (QED) is 0.889. The Kier molecular flexibility index (Phi) is 4.13. The van der Waals surface area contributed by atoms with Crippen LogP contribution < -0.4 is 4.74 Å². The summed E-state index contributed by atoms with van der Waals surface area (Å²) in [6.07, 6.45) is 2.49. The first kappa shape index (κ1) is 17.3. The molecular formula is C21H32N2O2. The highest BCUT2D eigenvalue weighted by molar-refractivity contribution is 5.31. The maximum Gasteiger partial charge on any atom is 0.119 e. The topological polar surface area (TPSA) is 35.9 Å². The third-order valence-electron chi connectivity index (χ3n) is 6.88. The lowest BCUT2D eigenvalue weighted by molar-refractivity contribution is -0.266. The fourth-order valence-electron chi connectivity index (χ4n) is 5.65. The van der Waals surface area contributed by atoms with Crippen LogP contribution in [0, 0.1) is 10.8 Å². The Labute approximate surface area is 151 Å². The largest absolute Gasteiger partial charge is 0.491 e. The van der Waals surface area contributed by atoms with Crippen LogP contribution in [0.3, 0.4) is 0 Å². The van der Waals surface area contributed by atoms with Gasteiger partial charge in [-0.25, -0.2) is 0 Å². The Morgan fingerprint density at radius 2 is 1.48 bits per heavy atom. The summed E-state index contributed by atoms with van der Waals surface area (Å²) < 4.78 is 5.80. The molecule has 0 amide bonds. The minimum atomic E-state index is -0.162. The average molecular weight is 344 g/mol. The van der Waals surface area contributed by atoms with Crippen LogP contribution in [-0.2, 0) is 0 Å². The summed E-state index contributed by atoms with van der Waals surface area (Å²) in [5, 5.41) is 11.1. The van der Waals surface area contributed by atoms with Crippen molar-refractivity contribution in [3.63, 3.8) is 0 Å². The number of hydrogen-bond donors (Lipinski definition) is 1. The van der Waals surface area contributed by atoms with Crippen molar-refractivity contribution in [3.05, 3.63) is 29.8 Å². The van der Waals surface area contributed by atoms with Gasteiger partial charge in [-0.2, -0.15) is 0 Å². The highest BCUT2D eigenvalue weighted by Crippen LogP contribution is 2.56. The molecule has 4 bridgehead atoms. The van der Waals surface area contributed by atoms with E-state index in [1.807, 2.05) is 0 Å². The molecule has 1 aromatic carbocycles. The van der Waals surface area contributed by atoms with Crippen molar-refractivity contribution in [1.82, 2.24) is 9.80 Å². The summed E-state index contributed by atoms with van der Waals surface area (Å²) in [7, 11) is 0. The summed E-state index contributed by atoms with van der Waals surface area (Å²) in [5.74, 6) is 0.943. The van der Waals surface area contributed by atoms with Gasteiger partial charge >= 0.3 is 0 Å². The molecule has 1 aromatic rings. The van der Waals surface area contributed by atoms with Gasteiger partial charge in [-0.3, -0.25) is 9.80 Å². The van der Waals surface area contributed by atoms with E-state index in [1.54, 1.807) is 0 Å². The highest BCUT2D eigenvalue weighted by Gasteiger charge is 2.63. The van der Waals surface area contributed by atoms with Crippen LogP contribution in [0.5, 0.6) is 5.75 Å². The molecule has 5 rings (SSSR count). The zero-order valence-electron chi connectivity index (χ0n) is 16.0. The predicted molar refractivity (Wildman–Crippen MR) is 99.5 cm³/mol. The van der Waals surface area contributed by atoms with Crippen LogP contribution >= 0.6 is 0 Å². The summed E-state index contributed by atoms with van der Waals surface area (Å²) in [6, 6.07) is 8.64. The maximum atomic E-state index is 11.1. The van der Waals surface area contributed by atoms with Gasteiger partial charge in [0.05, 0.1) is 18.4 Å². The van der Waals surface area contributed by atoms with Gasteiger partial charge in [0.2, 0.25) is 0 Å². The molecule has 138 valence electrons. The number of hydrogen-bond acceptors (Lipinski definition) is 4. The number of piperidine rings is 2. The average Bonchev–Trinajstić information content (AvgIpc) is 2.59. The maximum absolute atomic E-state index is 11.1. The standard InChI is InChI=1S/C21H32N2O2/c1-5-20-11-22-13-21(6-2,19(20)24)14-23(12-20)18(22)16-7-9-17(10-8-16)25-15(3)4/h7-10,15,18-19,24H,5-6,11-14H2,1-4H3. The number of aliphatic hydroxyl groups is 1. The lowest BCUT2D eigenvalue weighted by atomic mass is 9.57. The molecule has 4 aliphatic heterocycles. The van der Waals surface area contributed by atoms with Gasteiger partial charge < -0.3 is 9.84 Å². The molecule has 0 saturated carbocycles. The number of rotatable bonds is 5. The Bertz CT molecular complexity index is 587. The molecule has 0 spiro atoms. The van der Waals surface area contributed by atoms with Crippen LogP contribution in [0.1, 0.15) is 52.3 Å². The van der Waals surface area contributed by atoms with E-state index in [0.29, 0.717) is 6.17 Å². The lowest BCUT2D eigenvalue weighted by Crippen LogP contribution is -2.78. The Morgan fingerprint density at radius 3 is 1.88 bits per heavy atom. The normalized spacial score (nSPS) is 42.2. The Balaban J connectivity index is 1.62. The molecule has 4 aliphatic rings. The molecule has 4 fully saturated rings. The summed E-state index contributed by atoms with van der Waals surface area (Å²) >= 11 is 0. The van der Waals surface area contributed by atoms with Crippen molar-refractivity contribution in [2.24, 2.45) is 10.8 Å². The molecule has 4 nitrogen and oxygen atoms in total. The molecule has 4 saturated heterocycles. The highest BCUT2D eigenvalue weighted by atomic mass is 16.5. The van der Waals surface area contributed by atoms with Crippen LogP contribution in [0.25, 0.3) is 0 Å². The van der Waals surface area contributed by atoms with E-state index in [-0.39, 0.29) is 23.0 Å². The number of nitrogens with zero attached hydrogens (tertiary/aromatic N) is 2. The lowest BCUT2D eigenvalue weighted by Gasteiger charge is -2.69. The van der Waals surface area contributed by atoms with Crippen molar-refractivity contribution in [1.29, 1.82) is 0 Å². The van der Waals surface area contributed by atoms with E-state index in [1.165, 1.54) is 5.56 Å². The van der Waals surface area contributed by atoms with Crippen molar-refractivity contribution < 1.29 is 9.84 Å². The molecule has 4 heterocycles. The Morgan fingerprint density at radius 1 is 1.00 bits per heavy atom. The van der Waals surface area contributed by atoms with E-state index in [4.69, 9.17) is 4.74 Å². The van der Waals surface area contributed by atoms with Crippen molar-refractivity contribution in [3.8, 4) is 5.75 Å². The first-order chi connectivity index (χ1) is 11.9. The first-order valence-corrected chi connectivity index (χ1v) is 9.86. The van der Waals surface area contributed by atoms with Gasteiger partial charge in [-0.1, -0.05) is 26.0 Å². The van der Waals surface area contributed by atoms with Crippen LogP contribution in [0.2, 0.25) is 0 Å². The summed E-state index contributed by atoms with van der Waals surface area (Å²) in [4.78, 5) is 5.23. The summed E-state index contributed by atoms with van der Waals surface area (Å²) in [5.41, 5.74) is 1.44. The van der Waals surface area contributed by atoms with E-state index in [2.05, 4.69) is 61.8 Å². The van der Waals surface area contributed by atoms with Gasteiger partial charge in [0.1, 0.15) is 5.75 Å². The van der Waals surface area contributed by atoms with Crippen LogP contribution in [0.4, 0.5) is 0 Å². The summed E-state index contributed by atoms with van der Waals surface area (Å²) in [6.45, 7) is 12.7.